The third-order valence-electron chi connectivity index (χ3n) is 4.22. The number of hydrogen-bond donors (Lipinski definition) is 1. The second-order valence-electron chi connectivity index (χ2n) is 6.50. The molecule has 0 fully saturated rings. The molecule has 1 aromatic carbocycles. The van der Waals surface area contributed by atoms with Crippen molar-refractivity contribution < 1.29 is 26.4 Å². The Hall–Kier alpha value is -3.26. The number of sulfone groups is 1. The predicted octanol–water partition coefficient (Wildman–Crippen LogP) is 1.80. The van der Waals surface area contributed by atoms with Crippen LogP contribution in [0.2, 0.25) is 5.02 Å². The number of rotatable bonds is 5. The Balaban J connectivity index is 1.90. The summed E-state index contributed by atoms with van der Waals surface area (Å²) in [6.45, 7) is 1.51. The first-order valence-corrected chi connectivity index (χ1v) is 10.5. The summed E-state index contributed by atoms with van der Waals surface area (Å²) in [5.41, 5.74) is -6.32. The fraction of sp³-hybridized carbons (Fsp3) is 0.235. The zero-order valence-electron chi connectivity index (χ0n) is 16.3. The van der Waals surface area contributed by atoms with Gasteiger partial charge < -0.3 is 5.32 Å². The van der Waals surface area contributed by atoms with Gasteiger partial charge in [-0.1, -0.05) is 11.6 Å². The molecule has 1 N–H and O–H groups in total. The number of amides is 1. The summed E-state index contributed by atoms with van der Waals surface area (Å²) >= 11 is 5.74. The van der Waals surface area contributed by atoms with Crippen LogP contribution in [-0.2, 0) is 16.9 Å². The first-order valence-electron chi connectivity index (χ1n) is 8.68. The van der Waals surface area contributed by atoms with E-state index in [4.69, 9.17) is 11.6 Å². The second kappa shape index (κ2) is 8.35. The van der Waals surface area contributed by atoms with Crippen molar-refractivity contribution in [3.8, 4) is 5.82 Å². The quantitative estimate of drug-likeness (QED) is 0.577. The molecule has 0 aliphatic carbocycles. The third kappa shape index (κ3) is 4.50. The van der Waals surface area contributed by atoms with Gasteiger partial charge in [0.15, 0.2) is 11.6 Å². The summed E-state index contributed by atoms with van der Waals surface area (Å²) in [5, 5.41) is 10.1. The Morgan fingerprint density at radius 2 is 1.91 bits per heavy atom. The van der Waals surface area contributed by atoms with Crippen LogP contribution in [0, 0.1) is 0 Å². The number of aromatic nitrogens is 5. The molecule has 3 rings (SSSR count). The molecule has 0 saturated carbocycles. The van der Waals surface area contributed by atoms with Crippen LogP contribution in [0.25, 0.3) is 5.82 Å². The first kappa shape index (κ1) is 23.4. The van der Waals surface area contributed by atoms with Crippen molar-refractivity contribution >= 4 is 27.3 Å². The van der Waals surface area contributed by atoms with Crippen LogP contribution in [0.15, 0.2) is 46.3 Å². The largest absolute Gasteiger partial charge is 0.501 e. The molecule has 1 atom stereocenters. The lowest BCUT2D eigenvalue weighted by Crippen LogP contribution is -2.30. The molecule has 0 saturated heterocycles. The maximum Gasteiger partial charge on any atom is 0.501 e. The summed E-state index contributed by atoms with van der Waals surface area (Å²) in [5.74, 6) is -0.488. The van der Waals surface area contributed by atoms with Crippen molar-refractivity contribution in [3.63, 3.8) is 0 Å². The highest BCUT2D eigenvalue weighted by molar-refractivity contribution is 7.92. The lowest BCUT2D eigenvalue weighted by Gasteiger charge is -2.15. The molecule has 0 aliphatic heterocycles. The van der Waals surface area contributed by atoms with Gasteiger partial charge in [-0.2, -0.15) is 23.0 Å². The molecule has 1 amide bonds. The van der Waals surface area contributed by atoms with Crippen LogP contribution < -0.4 is 10.9 Å². The monoisotopic (exact) mass is 490 g/mol. The van der Waals surface area contributed by atoms with E-state index in [0.717, 1.165) is 10.7 Å². The summed E-state index contributed by atoms with van der Waals surface area (Å²) in [6, 6.07) is 4.01. The first-order chi connectivity index (χ1) is 14.8. The Bertz CT molecular complexity index is 1350. The summed E-state index contributed by atoms with van der Waals surface area (Å²) in [4.78, 5) is 27.0. The van der Waals surface area contributed by atoms with Gasteiger partial charge >= 0.3 is 5.51 Å². The van der Waals surface area contributed by atoms with E-state index in [9.17, 15) is 31.2 Å². The van der Waals surface area contributed by atoms with Gasteiger partial charge in [-0.15, -0.1) is 5.10 Å². The van der Waals surface area contributed by atoms with E-state index in [1.54, 1.807) is 0 Å². The van der Waals surface area contributed by atoms with Gasteiger partial charge in [0.25, 0.3) is 21.3 Å². The summed E-state index contributed by atoms with van der Waals surface area (Å²) < 4.78 is 64.3. The van der Waals surface area contributed by atoms with Crippen LogP contribution in [0.1, 0.15) is 29.1 Å². The van der Waals surface area contributed by atoms with Gasteiger partial charge in [-0.3, -0.25) is 9.59 Å². The van der Waals surface area contributed by atoms with Crippen LogP contribution in [0.4, 0.5) is 13.2 Å². The summed E-state index contributed by atoms with van der Waals surface area (Å²) in [7, 11) is -4.27. The van der Waals surface area contributed by atoms with E-state index >= 15 is 0 Å². The minimum absolute atomic E-state index is 0.190. The van der Waals surface area contributed by atoms with E-state index < -0.39 is 37.8 Å². The molecule has 2 heterocycles. The maximum absolute atomic E-state index is 12.9. The molecule has 15 heteroatoms. The summed E-state index contributed by atoms with van der Waals surface area (Å²) in [6.07, 6.45) is 1.18. The maximum atomic E-state index is 12.9. The highest BCUT2D eigenvalue weighted by atomic mass is 35.5. The number of carbonyl (C=O) groups excluding carboxylic acids is 1. The fourth-order valence-corrected chi connectivity index (χ4v) is 3.78. The van der Waals surface area contributed by atoms with Gasteiger partial charge in [-0.25, -0.2) is 18.1 Å². The molecule has 0 aliphatic rings. The molecule has 0 unspecified atom stereocenters. The Kier molecular flexibility index (Phi) is 6.11. The zero-order chi connectivity index (χ0) is 23.8. The molecule has 3 aromatic rings. The number of hydrogen-bond acceptors (Lipinski definition) is 7. The van der Waals surface area contributed by atoms with Crippen LogP contribution in [0.3, 0.4) is 0 Å². The van der Waals surface area contributed by atoms with Crippen molar-refractivity contribution in [1.82, 2.24) is 29.9 Å². The molecular weight excluding hydrogens is 477 g/mol. The van der Waals surface area contributed by atoms with E-state index in [-0.39, 0.29) is 22.2 Å². The van der Waals surface area contributed by atoms with Crippen molar-refractivity contribution in [2.45, 2.75) is 23.4 Å². The average Bonchev–Trinajstić information content (AvgIpc) is 3.18. The molecule has 32 heavy (non-hydrogen) atoms. The third-order valence-corrected chi connectivity index (χ3v) is 5.90. The lowest BCUT2D eigenvalue weighted by molar-refractivity contribution is -0.0436. The number of nitrogens with one attached hydrogen (secondary N) is 1. The average molecular weight is 491 g/mol. The standard InChI is InChI=1S/C17H14ClF3N6O4S/c1-9(15-22-8-23-27(15)13-3-4-14(28)26(2)25-13)24-16(29)10-5-11(18)7-12(6-10)32(30,31)17(19,20)21/h3-9H,1-2H3,(H,24,29)/t9-/m0/s1. The highest BCUT2D eigenvalue weighted by Crippen LogP contribution is 2.32. The topological polar surface area (TPSA) is 129 Å². The molecule has 170 valence electrons. The molecule has 0 bridgehead atoms. The van der Waals surface area contributed by atoms with Crippen molar-refractivity contribution in [3.05, 3.63) is 63.4 Å². The Labute approximate surface area is 183 Å². The smallest absolute Gasteiger partial charge is 0.342 e. The second-order valence-corrected chi connectivity index (χ2v) is 8.88. The van der Waals surface area contributed by atoms with Gasteiger partial charge in [0.05, 0.1) is 10.9 Å². The van der Waals surface area contributed by atoms with Crippen molar-refractivity contribution in [2.75, 3.05) is 0 Å². The van der Waals surface area contributed by atoms with E-state index in [1.165, 1.54) is 37.1 Å². The number of benzene rings is 1. The van der Waals surface area contributed by atoms with Gasteiger partial charge in [-0.05, 0) is 31.2 Å². The van der Waals surface area contributed by atoms with E-state index in [2.05, 4.69) is 20.5 Å². The highest BCUT2D eigenvalue weighted by Gasteiger charge is 2.47. The molecular formula is C17H14ClF3N6O4S. The predicted molar refractivity (Wildman–Crippen MR) is 105 cm³/mol. The van der Waals surface area contributed by atoms with Crippen LogP contribution >= 0.6 is 11.6 Å². The van der Waals surface area contributed by atoms with Gasteiger partial charge in [0.1, 0.15) is 6.33 Å². The number of carbonyl (C=O) groups is 1. The lowest BCUT2D eigenvalue weighted by atomic mass is 10.2. The number of alkyl halides is 3. The molecule has 10 nitrogen and oxygen atoms in total. The number of aryl methyl sites for hydroxylation is 1. The van der Waals surface area contributed by atoms with Gasteiger partial charge in [0.2, 0.25) is 0 Å². The number of nitrogens with zero attached hydrogens (tertiary/aromatic N) is 5. The fourth-order valence-electron chi connectivity index (χ4n) is 2.65. The number of halogens is 4. The Morgan fingerprint density at radius 3 is 2.53 bits per heavy atom. The van der Waals surface area contributed by atoms with Crippen LogP contribution in [-0.4, -0.2) is 44.4 Å². The molecule has 0 radical (unpaired) electrons. The van der Waals surface area contributed by atoms with Gasteiger partial charge in [0, 0.05) is 23.7 Å². The van der Waals surface area contributed by atoms with Crippen LogP contribution in [0.5, 0.6) is 0 Å². The zero-order valence-corrected chi connectivity index (χ0v) is 17.9. The SMILES string of the molecule is C[C@H](NC(=O)c1cc(Cl)cc(S(=O)(=O)C(F)(F)F)c1)c1ncnn1-c1ccc(=O)n(C)n1. The van der Waals surface area contributed by atoms with E-state index in [1.807, 2.05) is 0 Å². The minimum Gasteiger partial charge on any atom is -0.342 e. The Morgan fingerprint density at radius 1 is 1.22 bits per heavy atom. The normalized spacial score (nSPS) is 13.1. The van der Waals surface area contributed by atoms with Crippen molar-refractivity contribution in [2.24, 2.45) is 7.05 Å². The van der Waals surface area contributed by atoms with E-state index in [0.29, 0.717) is 12.1 Å². The minimum atomic E-state index is -5.70. The molecule has 0 spiro atoms. The molecule has 2 aromatic heterocycles. The van der Waals surface area contributed by atoms with Crippen molar-refractivity contribution in [1.29, 1.82) is 0 Å².